The second-order valence-corrected chi connectivity index (χ2v) is 10.1. The van der Waals surface area contributed by atoms with E-state index >= 15 is 0 Å². The molecule has 2 aliphatic rings. The van der Waals surface area contributed by atoms with Crippen molar-refractivity contribution in [2.75, 3.05) is 39.8 Å². The highest BCUT2D eigenvalue weighted by Crippen LogP contribution is 2.25. The Morgan fingerprint density at radius 2 is 1.77 bits per heavy atom. The molecule has 1 aromatic heterocycles. The predicted molar refractivity (Wildman–Crippen MR) is 112 cm³/mol. The third-order valence-electron chi connectivity index (χ3n) is 6.06. The molecule has 0 bridgehead atoms. The zero-order valence-electron chi connectivity index (χ0n) is 18.0. The van der Waals surface area contributed by atoms with Crippen LogP contribution in [0.15, 0.2) is 21.6 Å². The summed E-state index contributed by atoms with van der Waals surface area (Å²) in [5, 5.41) is -0.171. The molecule has 8 nitrogen and oxygen atoms in total. The van der Waals surface area contributed by atoms with Gasteiger partial charge in [-0.25, -0.2) is 8.42 Å². The fourth-order valence-electron chi connectivity index (χ4n) is 4.11. The van der Waals surface area contributed by atoms with E-state index in [0.717, 1.165) is 38.6 Å². The van der Waals surface area contributed by atoms with Crippen molar-refractivity contribution < 1.29 is 22.4 Å². The van der Waals surface area contributed by atoms with Crippen LogP contribution in [0.25, 0.3) is 0 Å². The zero-order valence-corrected chi connectivity index (χ0v) is 18.8. The van der Waals surface area contributed by atoms with Crippen molar-refractivity contribution in [3.05, 3.63) is 17.9 Å². The average molecular weight is 440 g/mol. The Morgan fingerprint density at radius 1 is 1.10 bits per heavy atom. The minimum absolute atomic E-state index is 0.0374. The molecule has 9 heteroatoms. The molecule has 0 atom stereocenters. The van der Waals surface area contributed by atoms with E-state index in [1.807, 2.05) is 7.05 Å². The fraction of sp³-hybridized carbons (Fsp3) is 0.714. The van der Waals surface area contributed by atoms with Crippen molar-refractivity contribution in [3.63, 3.8) is 0 Å². The largest absolute Gasteiger partial charge is 0.438 e. The summed E-state index contributed by atoms with van der Waals surface area (Å²) in [6, 6.07) is 2.81. The van der Waals surface area contributed by atoms with E-state index in [1.165, 1.54) is 16.4 Å². The van der Waals surface area contributed by atoms with Gasteiger partial charge in [0.1, 0.15) is 0 Å². The van der Waals surface area contributed by atoms with Gasteiger partial charge in [0.25, 0.3) is 15.9 Å². The van der Waals surface area contributed by atoms with Crippen LogP contribution in [0.5, 0.6) is 0 Å². The van der Waals surface area contributed by atoms with Gasteiger partial charge in [0.15, 0.2) is 5.76 Å². The SMILES string of the molecule is CCCCN(C)C(=O)C1CCN(C(=O)c2ccc(S(=O)(=O)N3CCCCC3)o2)CC1. The maximum absolute atomic E-state index is 12.8. The average Bonchev–Trinajstić information content (AvgIpc) is 3.28. The molecule has 0 spiro atoms. The number of nitrogens with zero attached hydrogens (tertiary/aromatic N) is 3. The molecule has 0 aliphatic carbocycles. The van der Waals surface area contributed by atoms with Gasteiger partial charge in [-0.15, -0.1) is 0 Å². The molecule has 2 aliphatic heterocycles. The second-order valence-electron chi connectivity index (χ2n) is 8.26. The van der Waals surface area contributed by atoms with Gasteiger partial charge in [-0.2, -0.15) is 4.31 Å². The van der Waals surface area contributed by atoms with Crippen LogP contribution in [-0.2, 0) is 14.8 Å². The van der Waals surface area contributed by atoms with E-state index in [0.29, 0.717) is 39.0 Å². The highest BCUT2D eigenvalue weighted by molar-refractivity contribution is 7.89. The molecular formula is C21H33N3O5S. The summed E-state index contributed by atoms with van der Waals surface area (Å²) >= 11 is 0. The minimum atomic E-state index is -3.70. The number of carbonyl (C=O) groups is 2. The molecule has 3 rings (SSSR count). The summed E-state index contributed by atoms with van der Waals surface area (Å²) in [5.74, 6) is -0.207. The summed E-state index contributed by atoms with van der Waals surface area (Å²) in [5.41, 5.74) is 0. The first-order chi connectivity index (χ1) is 14.3. The molecule has 30 heavy (non-hydrogen) atoms. The molecule has 1 aromatic rings. The Morgan fingerprint density at radius 3 is 2.40 bits per heavy atom. The molecule has 2 saturated heterocycles. The summed E-state index contributed by atoms with van der Waals surface area (Å²) in [6.07, 6.45) is 5.96. The van der Waals surface area contributed by atoms with Gasteiger partial charge in [0.2, 0.25) is 11.0 Å². The number of carbonyl (C=O) groups excluding carboxylic acids is 2. The molecule has 0 saturated carbocycles. The van der Waals surface area contributed by atoms with Crippen molar-refractivity contribution >= 4 is 21.8 Å². The number of amides is 2. The first kappa shape index (κ1) is 22.8. The molecule has 0 unspecified atom stereocenters. The number of piperidine rings is 2. The number of rotatable bonds is 7. The van der Waals surface area contributed by atoms with Gasteiger partial charge in [0.05, 0.1) is 0 Å². The Labute approximate surface area is 179 Å². The van der Waals surface area contributed by atoms with Crippen molar-refractivity contribution in [1.29, 1.82) is 0 Å². The molecule has 0 aromatic carbocycles. The maximum Gasteiger partial charge on any atom is 0.289 e. The lowest BCUT2D eigenvalue weighted by Gasteiger charge is -2.32. The Balaban J connectivity index is 1.58. The van der Waals surface area contributed by atoms with E-state index in [4.69, 9.17) is 4.42 Å². The van der Waals surface area contributed by atoms with E-state index < -0.39 is 10.0 Å². The van der Waals surface area contributed by atoms with Crippen LogP contribution in [0.2, 0.25) is 0 Å². The van der Waals surface area contributed by atoms with E-state index in [2.05, 4.69) is 6.92 Å². The highest BCUT2D eigenvalue weighted by Gasteiger charge is 2.33. The number of sulfonamides is 1. The van der Waals surface area contributed by atoms with Crippen LogP contribution in [0.4, 0.5) is 0 Å². The Hall–Kier alpha value is -1.87. The van der Waals surface area contributed by atoms with Gasteiger partial charge in [-0.1, -0.05) is 19.8 Å². The third kappa shape index (κ3) is 5.06. The van der Waals surface area contributed by atoms with Crippen LogP contribution in [0, 0.1) is 5.92 Å². The van der Waals surface area contributed by atoms with Gasteiger partial charge in [-0.05, 0) is 44.2 Å². The first-order valence-corrected chi connectivity index (χ1v) is 12.4. The van der Waals surface area contributed by atoms with Crippen molar-refractivity contribution in [2.45, 2.75) is 57.0 Å². The Kier molecular flexibility index (Phi) is 7.57. The van der Waals surface area contributed by atoms with Crippen molar-refractivity contribution in [3.8, 4) is 0 Å². The molecule has 0 N–H and O–H groups in total. The second kappa shape index (κ2) is 9.96. The molecular weight excluding hydrogens is 406 g/mol. The van der Waals surface area contributed by atoms with Gasteiger partial charge in [-0.3, -0.25) is 9.59 Å². The van der Waals surface area contributed by atoms with Crippen molar-refractivity contribution in [2.24, 2.45) is 5.92 Å². The van der Waals surface area contributed by atoms with Crippen LogP contribution in [-0.4, -0.2) is 74.1 Å². The normalized spacial score (nSPS) is 19.1. The number of unbranched alkanes of at least 4 members (excludes halogenated alkanes) is 1. The quantitative estimate of drug-likeness (QED) is 0.651. The van der Waals surface area contributed by atoms with Gasteiger partial charge < -0.3 is 14.2 Å². The molecule has 2 fully saturated rings. The lowest BCUT2D eigenvalue weighted by molar-refractivity contribution is -0.135. The van der Waals surface area contributed by atoms with Gasteiger partial charge >= 0.3 is 0 Å². The fourth-order valence-corrected chi connectivity index (χ4v) is 5.54. The lowest BCUT2D eigenvalue weighted by atomic mass is 9.95. The van der Waals surface area contributed by atoms with Crippen LogP contribution in [0.1, 0.15) is 62.4 Å². The first-order valence-electron chi connectivity index (χ1n) is 11.0. The monoisotopic (exact) mass is 439 g/mol. The smallest absolute Gasteiger partial charge is 0.289 e. The predicted octanol–water partition coefficient (Wildman–Crippen LogP) is 2.56. The minimum Gasteiger partial charge on any atom is -0.438 e. The van der Waals surface area contributed by atoms with Crippen molar-refractivity contribution in [1.82, 2.24) is 14.1 Å². The number of furan rings is 1. The molecule has 2 amide bonds. The summed E-state index contributed by atoms with van der Waals surface area (Å²) in [6.45, 7) is 4.76. The van der Waals surface area contributed by atoms with Crippen LogP contribution >= 0.6 is 0 Å². The number of hydrogen-bond donors (Lipinski definition) is 0. The maximum atomic E-state index is 12.8. The topological polar surface area (TPSA) is 91.1 Å². The molecule has 168 valence electrons. The van der Waals surface area contributed by atoms with E-state index in [-0.39, 0.29) is 28.6 Å². The van der Waals surface area contributed by atoms with E-state index in [1.54, 1.807) is 9.80 Å². The molecule has 0 radical (unpaired) electrons. The zero-order chi connectivity index (χ0) is 21.7. The lowest BCUT2D eigenvalue weighted by Crippen LogP contribution is -2.43. The van der Waals surface area contributed by atoms with Crippen LogP contribution < -0.4 is 0 Å². The van der Waals surface area contributed by atoms with Crippen LogP contribution in [0.3, 0.4) is 0 Å². The third-order valence-corrected chi connectivity index (χ3v) is 7.83. The number of likely N-dealkylation sites (tertiary alicyclic amines) is 1. The summed E-state index contributed by atoms with van der Waals surface area (Å²) in [7, 11) is -1.86. The summed E-state index contributed by atoms with van der Waals surface area (Å²) < 4.78 is 32.3. The van der Waals surface area contributed by atoms with Gasteiger partial charge in [0, 0.05) is 45.7 Å². The Bertz CT molecular complexity index is 837. The molecule has 3 heterocycles. The van der Waals surface area contributed by atoms with E-state index in [9.17, 15) is 18.0 Å². The highest BCUT2D eigenvalue weighted by atomic mass is 32.2. The number of hydrogen-bond acceptors (Lipinski definition) is 5. The standard InChI is InChI=1S/C21H33N3O5S/c1-3-4-12-22(2)20(25)17-10-15-23(16-11-17)21(26)18-8-9-19(29-18)30(27,28)24-13-6-5-7-14-24/h8-9,17H,3-7,10-16H2,1-2H3. The summed E-state index contributed by atoms with van der Waals surface area (Å²) in [4.78, 5) is 28.8.